The fourth-order valence-corrected chi connectivity index (χ4v) is 4.99. The Balaban J connectivity index is 1.34. The number of aliphatic imine (C=N–C) groups is 1. The van der Waals surface area contributed by atoms with Crippen molar-refractivity contribution in [2.24, 2.45) is 4.99 Å². The van der Waals surface area contributed by atoms with Gasteiger partial charge in [-0.05, 0) is 25.0 Å². The van der Waals surface area contributed by atoms with Crippen LogP contribution in [-0.4, -0.2) is 48.7 Å². The molecule has 0 atom stereocenters. The third kappa shape index (κ3) is 3.22. The molecule has 6 nitrogen and oxygen atoms in total. The quantitative estimate of drug-likeness (QED) is 0.740. The van der Waals surface area contributed by atoms with Crippen LogP contribution in [0.3, 0.4) is 0 Å². The number of thiazole rings is 1. The van der Waals surface area contributed by atoms with Gasteiger partial charge in [-0.1, -0.05) is 31.4 Å². The number of aromatic nitrogens is 1. The molecule has 1 saturated carbocycles. The van der Waals surface area contributed by atoms with E-state index >= 15 is 0 Å². The summed E-state index contributed by atoms with van der Waals surface area (Å²) in [5, 5.41) is 3.12. The van der Waals surface area contributed by atoms with Gasteiger partial charge in [0.25, 0.3) is 0 Å². The number of morpholine rings is 1. The number of esters is 1. The van der Waals surface area contributed by atoms with Crippen LogP contribution in [0.15, 0.2) is 34.6 Å². The van der Waals surface area contributed by atoms with Gasteiger partial charge in [0.15, 0.2) is 10.7 Å². The first-order chi connectivity index (χ1) is 13.7. The lowest BCUT2D eigenvalue weighted by molar-refractivity contribution is -0.140. The summed E-state index contributed by atoms with van der Waals surface area (Å²) in [6.07, 6.45) is 4.86. The maximum absolute atomic E-state index is 12.4. The van der Waals surface area contributed by atoms with Crippen LogP contribution in [0, 0.1) is 0 Å². The summed E-state index contributed by atoms with van der Waals surface area (Å²) in [6, 6.07) is 7.99. The van der Waals surface area contributed by atoms with E-state index in [1.807, 2.05) is 24.3 Å². The minimum atomic E-state index is -0.631. The van der Waals surface area contributed by atoms with Crippen LogP contribution in [0.25, 0.3) is 11.3 Å². The lowest BCUT2D eigenvalue weighted by atomic mass is 9.83. The molecule has 1 aromatic heterocycles. The topological polar surface area (TPSA) is 64.0 Å². The summed E-state index contributed by atoms with van der Waals surface area (Å²) in [6.45, 7) is 3.29. The normalized spacial score (nSPS) is 21.6. The molecule has 2 fully saturated rings. The van der Waals surface area contributed by atoms with Gasteiger partial charge in [-0.15, -0.1) is 11.3 Å². The van der Waals surface area contributed by atoms with E-state index in [9.17, 15) is 4.79 Å². The Morgan fingerprint density at radius 1 is 1.00 bits per heavy atom. The zero-order valence-electron chi connectivity index (χ0n) is 15.7. The Labute approximate surface area is 168 Å². The molecule has 146 valence electrons. The van der Waals surface area contributed by atoms with Gasteiger partial charge in [0.05, 0.1) is 18.9 Å². The van der Waals surface area contributed by atoms with E-state index in [0.717, 1.165) is 73.9 Å². The van der Waals surface area contributed by atoms with Crippen molar-refractivity contribution in [2.45, 2.75) is 37.6 Å². The molecule has 0 amide bonds. The molecule has 2 aromatic rings. The molecular formula is C21H23N3O3S. The van der Waals surface area contributed by atoms with Gasteiger partial charge in [-0.25, -0.2) is 14.8 Å². The third-order valence-corrected chi connectivity index (χ3v) is 6.67. The van der Waals surface area contributed by atoms with Gasteiger partial charge in [-0.3, -0.25) is 0 Å². The maximum Gasteiger partial charge on any atom is 0.340 e. The highest BCUT2D eigenvalue weighted by Crippen LogP contribution is 2.37. The number of carbonyl (C=O) groups excluding carboxylic acids is 1. The van der Waals surface area contributed by atoms with Crippen LogP contribution in [0.1, 0.15) is 37.7 Å². The number of ether oxygens (including phenoxy) is 2. The predicted molar refractivity (Wildman–Crippen MR) is 109 cm³/mol. The Morgan fingerprint density at radius 2 is 1.71 bits per heavy atom. The second-order valence-electron chi connectivity index (χ2n) is 7.59. The van der Waals surface area contributed by atoms with Crippen LogP contribution in [0.4, 0.5) is 5.13 Å². The number of nitrogens with zero attached hydrogens (tertiary/aromatic N) is 3. The van der Waals surface area contributed by atoms with E-state index in [4.69, 9.17) is 19.5 Å². The number of rotatable bonds is 3. The molecule has 28 heavy (non-hydrogen) atoms. The maximum atomic E-state index is 12.4. The van der Waals surface area contributed by atoms with Gasteiger partial charge in [0.1, 0.15) is 0 Å². The fraction of sp³-hybridized carbons (Fsp3) is 0.476. The van der Waals surface area contributed by atoms with Gasteiger partial charge in [0.2, 0.25) is 5.90 Å². The summed E-state index contributed by atoms with van der Waals surface area (Å²) in [4.78, 5) is 24.2. The molecule has 7 heteroatoms. The van der Waals surface area contributed by atoms with Gasteiger partial charge >= 0.3 is 5.97 Å². The third-order valence-electron chi connectivity index (χ3n) is 5.77. The van der Waals surface area contributed by atoms with Crippen molar-refractivity contribution in [2.75, 3.05) is 31.2 Å². The van der Waals surface area contributed by atoms with Crippen molar-refractivity contribution < 1.29 is 14.3 Å². The SMILES string of the molecule is O=C1OC(c2ccc(-c3csc(N4CCOCC4)n3)cc2)=NC12CCCCC2. The molecular weight excluding hydrogens is 374 g/mol. The van der Waals surface area contributed by atoms with Crippen LogP contribution in [-0.2, 0) is 14.3 Å². The monoisotopic (exact) mass is 397 g/mol. The molecule has 2 aliphatic heterocycles. The molecule has 1 aromatic carbocycles. The minimum absolute atomic E-state index is 0.180. The zero-order valence-corrected chi connectivity index (χ0v) is 16.5. The lowest BCUT2D eigenvalue weighted by Crippen LogP contribution is -2.36. The van der Waals surface area contributed by atoms with Gasteiger partial charge < -0.3 is 14.4 Å². The van der Waals surface area contributed by atoms with E-state index in [-0.39, 0.29) is 5.97 Å². The molecule has 3 heterocycles. The molecule has 5 rings (SSSR count). The van der Waals surface area contributed by atoms with E-state index in [2.05, 4.69) is 10.3 Å². The predicted octanol–water partition coefficient (Wildman–Crippen LogP) is 3.65. The largest absolute Gasteiger partial charge is 0.405 e. The van der Waals surface area contributed by atoms with Crippen LogP contribution < -0.4 is 4.90 Å². The second-order valence-corrected chi connectivity index (χ2v) is 8.43. The van der Waals surface area contributed by atoms with E-state index in [1.165, 1.54) is 6.42 Å². The lowest BCUT2D eigenvalue weighted by Gasteiger charge is -2.26. The molecule has 3 aliphatic rings. The molecule has 1 aliphatic carbocycles. The molecule has 0 unspecified atom stereocenters. The van der Waals surface area contributed by atoms with E-state index in [1.54, 1.807) is 11.3 Å². The standard InChI is InChI=1S/C21H23N3O3S/c25-19-21(8-2-1-3-9-21)23-18(27-19)16-6-4-15(5-7-16)17-14-28-20(22-17)24-10-12-26-13-11-24/h4-7,14H,1-3,8-13H2. The smallest absolute Gasteiger partial charge is 0.340 e. The fourth-order valence-electron chi connectivity index (χ4n) is 4.10. The first-order valence-electron chi connectivity index (χ1n) is 9.95. The Hall–Kier alpha value is -2.25. The Bertz CT molecular complexity index is 894. The number of hydrogen-bond donors (Lipinski definition) is 0. The van der Waals surface area contributed by atoms with Crippen molar-refractivity contribution in [1.29, 1.82) is 0 Å². The molecule has 0 N–H and O–H groups in total. The average molecular weight is 398 g/mol. The molecule has 0 radical (unpaired) electrons. The van der Waals surface area contributed by atoms with Crippen molar-refractivity contribution >= 4 is 28.3 Å². The van der Waals surface area contributed by atoms with E-state index in [0.29, 0.717) is 5.90 Å². The Morgan fingerprint density at radius 3 is 2.46 bits per heavy atom. The summed E-state index contributed by atoms with van der Waals surface area (Å²) < 4.78 is 11.0. The van der Waals surface area contributed by atoms with Crippen molar-refractivity contribution in [3.05, 3.63) is 35.2 Å². The average Bonchev–Trinajstić information content (AvgIpc) is 3.36. The first kappa shape index (κ1) is 17.8. The Kier molecular flexibility index (Phi) is 4.64. The van der Waals surface area contributed by atoms with Gasteiger partial charge in [0, 0.05) is 29.6 Å². The summed E-state index contributed by atoms with van der Waals surface area (Å²) in [7, 11) is 0. The minimum Gasteiger partial charge on any atom is -0.405 e. The van der Waals surface area contributed by atoms with Crippen LogP contribution in [0.2, 0.25) is 0 Å². The summed E-state index contributed by atoms with van der Waals surface area (Å²) in [5.74, 6) is 0.284. The number of hydrogen-bond acceptors (Lipinski definition) is 7. The molecule has 1 saturated heterocycles. The van der Waals surface area contributed by atoms with Crippen molar-refractivity contribution in [3.8, 4) is 11.3 Å². The highest BCUT2D eigenvalue weighted by Gasteiger charge is 2.46. The molecule has 1 spiro atoms. The van der Waals surface area contributed by atoms with Crippen LogP contribution >= 0.6 is 11.3 Å². The van der Waals surface area contributed by atoms with Crippen molar-refractivity contribution in [3.63, 3.8) is 0 Å². The molecule has 0 bridgehead atoms. The second kappa shape index (κ2) is 7.29. The van der Waals surface area contributed by atoms with Gasteiger partial charge in [-0.2, -0.15) is 0 Å². The number of cyclic esters (lactones) is 1. The first-order valence-corrected chi connectivity index (χ1v) is 10.8. The highest BCUT2D eigenvalue weighted by atomic mass is 32.1. The van der Waals surface area contributed by atoms with Crippen LogP contribution in [0.5, 0.6) is 0 Å². The number of anilines is 1. The van der Waals surface area contributed by atoms with Crippen molar-refractivity contribution in [1.82, 2.24) is 4.98 Å². The van der Waals surface area contributed by atoms with E-state index < -0.39 is 5.54 Å². The summed E-state index contributed by atoms with van der Waals surface area (Å²) >= 11 is 1.66. The number of benzene rings is 1. The zero-order chi connectivity index (χ0) is 19.0. The summed E-state index contributed by atoms with van der Waals surface area (Å²) in [5.41, 5.74) is 2.24. The number of carbonyl (C=O) groups is 1. The highest BCUT2D eigenvalue weighted by molar-refractivity contribution is 7.14.